The third-order valence-corrected chi connectivity index (χ3v) is 5.09. The fraction of sp³-hybridized carbons (Fsp3) is 0.167. The number of amides is 2. The molecule has 0 aliphatic heterocycles. The zero-order chi connectivity index (χ0) is 20.4. The highest BCUT2D eigenvalue weighted by molar-refractivity contribution is 7.17. The maximum atomic E-state index is 12.4. The van der Waals surface area contributed by atoms with Gasteiger partial charge >= 0.3 is 0 Å². The van der Waals surface area contributed by atoms with Crippen LogP contribution in [0.1, 0.15) is 25.7 Å². The summed E-state index contributed by atoms with van der Waals surface area (Å²) < 4.78 is 0. The second-order valence-corrected chi connectivity index (χ2v) is 7.50. The molecular formula is C18H16ClN5O3S. The SMILES string of the molecule is Cc1nc(NC(=O)c2cnc(-c3ccc(Cl)cc3)[nH]c2=O)sc1C(=O)N(C)C. The monoisotopic (exact) mass is 417 g/mol. The first kappa shape index (κ1) is 19.7. The average Bonchev–Trinajstić information content (AvgIpc) is 3.01. The summed E-state index contributed by atoms with van der Waals surface area (Å²) in [5, 5.41) is 3.33. The molecule has 10 heteroatoms. The van der Waals surface area contributed by atoms with Gasteiger partial charge in [-0.25, -0.2) is 9.97 Å². The van der Waals surface area contributed by atoms with Crippen LogP contribution in [0.4, 0.5) is 5.13 Å². The van der Waals surface area contributed by atoms with Crippen LogP contribution < -0.4 is 10.9 Å². The zero-order valence-electron chi connectivity index (χ0n) is 15.2. The van der Waals surface area contributed by atoms with E-state index in [-0.39, 0.29) is 16.6 Å². The molecule has 0 saturated carbocycles. The van der Waals surface area contributed by atoms with E-state index in [1.54, 1.807) is 45.3 Å². The molecule has 144 valence electrons. The number of carbonyl (C=O) groups is 2. The second kappa shape index (κ2) is 7.91. The summed E-state index contributed by atoms with van der Waals surface area (Å²) in [5.74, 6) is -0.543. The fourth-order valence-corrected chi connectivity index (χ4v) is 3.44. The Hall–Kier alpha value is -3.04. The maximum Gasteiger partial charge on any atom is 0.265 e. The molecule has 0 fully saturated rings. The van der Waals surface area contributed by atoms with Crippen molar-refractivity contribution in [2.45, 2.75) is 6.92 Å². The number of nitrogens with one attached hydrogen (secondary N) is 2. The van der Waals surface area contributed by atoms with Gasteiger partial charge in [-0.3, -0.25) is 19.7 Å². The van der Waals surface area contributed by atoms with E-state index in [1.807, 2.05) is 0 Å². The van der Waals surface area contributed by atoms with E-state index in [2.05, 4.69) is 20.3 Å². The highest BCUT2D eigenvalue weighted by atomic mass is 35.5. The van der Waals surface area contributed by atoms with Gasteiger partial charge in [0.2, 0.25) is 0 Å². The van der Waals surface area contributed by atoms with Crippen molar-refractivity contribution in [1.29, 1.82) is 0 Å². The molecule has 8 nitrogen and oxygen atoms in total. The molecule has 0 spiro atoms. The highest BCUT2D eigenvalue weighted by Gasteiger charge is 2.19. The number of aromatic nitrogens is 3. The summed E-state index contributed by atoms with van der Waals surface area (Å²) in [6.07, 6.45) is 1.20. The Labute approximate surface area is 169 Å². The number of halogens is 1. The van der Waals surface area contributed by atoms with E-state index in [0.29, 0.717) is 27.0 Å². The predicted molar refractivity (Wildman–Crippen MR) is 108 cm³/mol. The number of hydrogen-bond acceptors (Lipinski definition) is 6. The van der Waals surface area contributed by atoms with Crippen molar-refractivity contribution in [2.75, 3.05) is 19.4 Å². The standard InChI is InChI=1S/C18H16ClN5O3S/c1-9-13(17(27)24(2)3)28-18(21-9)23-16(26)12-8-20-14(22-15(12)25)10-4-6-11(19)7-5-10/h4-8H,1-3H3,(H,20,22,25)(H,21,23,26). The van der Waals surface area contributed by atoms with Crippen molar-refractivity contribution < 1.29 is 9.59 Å². The Balaban J connectivity index is 1.82. The van der Waals surface area contributed by atoms with Crippen molar-refractivity contribution in [3.05, 3.63) is 62.0 Å². The molecule has 0 radical (unpaired) electrons. The molecule has 2 N–H and O–H groups in total. The zero-order valence-corrected chi connectivity index (χ0v) is 16.8. The molecule has 28 heavy (non-hydrogen) atoms. The van der Waals surface area contributed by atoms with Gasteiger partial charge in [-0.2, -0.15) is 0 Å². The predicted octanol–water partition coefficient (Wildman–Crippen LogP) is 2.81. The van der Waals surface area contributed by atoms with Crippen LogP contribution in [0.15, 0.2) is 35.3 Å². The summed E-state index contributed by atoms with van der Waals surface area (Å²) in [6.45, 7) is 1.68. The van der Waals surface area contributed by atoms with Gasteiger partial charge in [-0.1, -0.05) is 22.9 Å². The lowest BCUT2D eigenvalue weighted by Crippen LogP contribution is -2.24. The van der Waals surface area contributed by atoms with Crippen LogP contribution in [-0.2, 0) is 0 Å². The van der Waals surface area contributed by atoms with E-state index in [9.17, 15) is 14.4 Å². The van der Waals surface area contributed by atoms with E-state index < -0.39 is 11.5 Å². The van der Waals surface area contributed by atoms with Crippen molar-refractivity contribution >= 4 is 39.9 Å². The van der Waals surface area contributed by atoms with Gasteiger partial charge in [0.25, 0.3) is 17.4 Å². The minimum absolute atomic E-state index is 0.161. The molecule has 2 amide bonds. The van der Waals surface area contributed by atoms with Crippen molar-refractivity contribution in [2.24, 2.45) is 0 Å². The molecule has 2 aromatic heterocycles. The second-order valence-electron chi connectivity index (χ2n) is 6.07. The molecule has 2 heterocycles. The number of nitrogens with zero attached hydrogens (tertiary/aromatic N) is 3. The number of benzene rings is 1. The normalized spacial score (nSPS) is 10.6. The van der Waals surface area contributed by atoms with Crippen LogP contribution in [0.3, 0.4) is 0 Å². The topological polar surface area (TPSA) is 108 Å². The molecule has 0 saturated heterocycles. The Bertz CT molecular complexity index is 1110. The van der Waals surface area contributed by atoms with Gasteiger partial charge in [0.1, 0.15) is 16.3 Å². The molecular weight excluding hydrogens is 402 g/mol. The van der Waals surface area contributed by atoms with E-state index in [1.165, 1.54) is 11.1 Å². The lowest BCUT2D eigenvalue weighted by atomic mass is 10.2. The quantitative estimate of drug-likeness (QED) is 0.678. The Kier molecular flexibility index (Phi) is 5.57. The molecule has 0 aliphatic carbocycles. The first-order valence-corrected chi connectivity index (χ1v) is 9.31. The molecule has 0 unspecified atom stereocenters. The van der Waals surface area contributed by atoms with Crippen molar-refractivity contribution in [1.82, 2.24) is 19.9 Å². The van der Waals surface area contributed by atoms with E-state index >= 15 is 0 Å². The molecule has 0 aliphatic rings. The van der Waals surface area contributed by atoms with Crippen molar-refractivity contribution in [3.8, 4) is 11.4 Å². The summed E-state index contributed by atoms with van der Waals surface area (Å²) >= 11 is 6.90. The van der Waals surface area contributed by atoms with E-state index in [4.69, 9.17) is 11.6 Å². The first-order valence-electron chi connectivity index (χ1n) is 8.12. The third kappa shape index (κ3) is 4.10. The smallest absolute Gasteiger partial charge is 0.265 e. The summed E-state index contributed by atoms with van der Waals surface area (Å²) in [4.78, 5) is 49.6. The van der Waals surface area contributed by atoms with E-state index in [0.717, 1.165) is 11.3 Å². The lowest BCUT2D eigenvalue weighted by molar-refractivity contribution is 0.0831. The molecule has 0 atom stereocenters. The van der Waals surface area contributed by atoms with Gasteiger partial charge < -0.3 is 9.88 Å². The molecule has 3 aromatic rings. The Morgan fingerprint density at radius 1 is 1.21 bits per heavy atom. The van der Waals surface area contributed by atoms with Gasteiger partial charge in [-0.15, -0.1) is 0 Å². The number of H-pyrrole nitrogens is 1. The van der Waals surface area contributed by atoms with Gasteiger partial charge in [0, 0.05) is 30.9 Å². The number of anilines is 1. The van der Waals surface area contributed by atoms with Crippen LogP contribution in [0.5, 0.6) is 0 Å². The first-order chi connectivity index (χ1) is 13.3. The minimum Gasteiger partial charge on any atom is -0.344 e. The fourth-order valence-electron chi connectivity index (χ4n) is 2.33. The third-order valence-electron chi connectivity index (χ3n) is 3.78. The van der Waals surface area contributed by atoms with Gasteiger partial charge in [0.15, 0.2) is 5.13 Å². The maximum absolute atomic E-state index is 12.4. The molecule has 3 rings (SSSR count). The Morgan fingerprint density at radius 2 is 1.89 bits per heavy atom. The number of aryl methyl sites for hydroxylation is 1. The average molecular weight is 418 g/mol. The summed E-state index contributed by atoms with van der Waals surface area (Å²) in [7, 11) is 3.26. The minimum atomic E-state index is -0.658. The lowest BCUT2D eigenvalue weighted by Gasteiger charge is -2.07. The number of hydrogen-bond donors (Lipinski definition) is 2. The van der Waals surface area contributed by atoms with Crippen LogP contribution in [0.25, 0.3) is 11.4 Å². The molecule has 1 aromatic carbocycles. The number of carbonyl (C=O) groups excluding carboxylic acids is 2. The number of thiazole rings is 1. The van der Waals surface area contributed by atoms with Gasteiger partial charge in [0.05, 0.1) is 5.69 Å². The van der Waals surface area contributed by atoms with Crippen LogP contribution in [-0.4, -0.2) is 45.8 Å². The van der Waals surface area contributed by atoms with Crippen molar-refractivity contribution in [3.63, 3.8) is 0 Å². The summed E-state index contributed by atoms with van der Waals surface area (Å²) in [5.41, 5.74) is 0.418. The summed E-state index contributed by atoms with van der Waals surface area (Å²) in [6, 6.07) is 6.77. The number of aromatic amines is 1. The van der Waals surface area contributed by atoms with Gasteiger partial charge in [-0.05, 0) is 31.2 Å². The van der Waals surface area contributed by atoms with Crippen LogP contribution >= 0.6 is 22.9 Å². The number of rotatable bonds is 4. The Morgan fingerprint density at radius 3 is 2.50 bits per heavy atom. The molecule has 0 bridgehead atoms. The van der Waals surface area contributed by atoms with Crippen LogP contribution in [0, 0.1) is 6.92 Å². The van der Waals surface area contributed by atoms with Crippen LogP contribution in [0.2, 0.25) is 5.02 Å². The largest absolute Gasteiger partial charge is 0.344 e. The highest BCUT2D eigenvalue weighted by Crippen LogP contribution is 2.24.